The molecule has 37 heavy (non-hydrogen) atoms. The zero-order valence-electron chi connectivity index (χ0n) is 22.0. The molecule has 0 bridgehead atoms. The van der Waals surface area contributed by atoms with Gasteiger partial charge in [-0.3, -0.25) is 14.4 Å². The molecule has 1 aliphatic heterocycles. The van der Waals surface area contributed by atoms with Crippen LogP contribution in [0, 0.1) is 19.8 Å². The van der Waals surface area contributed by atoms with Gasteiger partial charge in [0.2, 0.25) is 17.7 Å². The van der Waals surface area contributed by atoms with Gasteiger partial charge in [0.25, 0.3) is 0 Å². The highest BCUT2D eigenvalue weighted by atomic mass is 16.2. The normalized spacial score (nSPS) is 19.6. The van der Waals surface area contributed by atoms with Crippen LogP contribution in [0.25, 0.3) is 0 Å². The number of nitrogens with zero attached hydrogens (tertiary/aromatic N) is 2. The fraction of sp³-hybridized carbons (Fsp3) is 0.448. The Morgan fingerprint density at radius 1 is 0.973 bits per heavy atom. The fourth-order valence-electron chi connectivity index (χ4n) is 5.28. The van der Waals surface area contributed by atoms with E-state index in [0.29, 0.717) is 18.5 Å². The van der Waals surface area contributed by atoms with Gasteiger partial charge < -0.3 is 15.5 Å². The number of rotatable bonds is 7. The number of nitrogens with one attached hydrogen (secondary N) is 2. The second kappa shape index (κ2) is 11.2. The molecule has 1 aliphatic carbocycles. The van der Waals surface area contributed by atoms with Gasteiger partial charge in [-0.2, -0.15) is 0 Å². The molecule has 196 valence electrons. The highest BCUT2D eigenvalue weighted by molar-refractivity contribution is 6.17. The lowest BCUT2D eigenvalue weighted by Crippen LogP contribution is -2.64. The number of carbonyl (C=O) groups is 4. The smallest absolute Gasteiger partial charge is 0.332 e. The van der Waals surface area contributed by atoms with Gasteiger partial charge >= 0.3 is 6.03 Å². The molecule has 1 saturated carbocycles. The lowest BCUT2D eigenvalue weighted by Gasteiger charge is -2.46. The topological polar surface area (TPSA) is 98.8 Å². The molecule has 8 heteroatoms. The number of carbonyl (C=O) groups excluding carboxylic acids is 4. The number of anilines is 2. The van der Waals surface area contributed by atoms with Crippen LogP contribution in [0.15, 0.2) is 42.5 Å². The quantitative estimate of drug-likeness (QED) is 0.586. The van der Waals surface area contributed by atoms with Crippen molar-refractivity contribution in [3.05, 3.63) is 59.2 Å². The summed E-state index contributed by atoms with van der Waals surface area (Å²) in [6, 6.07) is 11.9. The van der Waals surface area contributed by atoms with Crippen molar-refractivity contribution in [2.24, 2.45) is 5.92 Å². The Morgan fingerprint density at radius 2 is 1.68 bits per heavy atom. The Morgan fingerprint density at radius 3 is 2.38 bits per heavy atom. The second-order valence-corrected chi connectivity index (χ2v) is 10.4. The number of amides is 5. The number of hydrogen-bond donors (Lipinski definition) is 2. The molecular weight excluding hydrogens is 468 g/mol. The van der Waals surface area contributed by atoms with Crippen molar-refractivity contribution in [2.75, 3.05) is 16.8 Å². The van der Waals surface area contributed by atoms with E-state index in [1.807, 2.05) is 45.9 Å². The maximum absolute atomic E-state index is 13.7. The predicted octanol–water partition coefficient (Wildman–Crippen LogP) is 4.34. The predicted molar refractivity (Wildman–Crippen MR) is 143 cm³/mol. The Labute approximate surface area is 218 Å². The van der Waals surface area contributed by atoms with E-state index in [1.165, 1.54) is 4.90 Å². The number of hydrogen-bond acceptors (Lipinski definition) is 4. The summed E-state index contributed by atoms with van der Waals surface area (Å²) in [6.07, 6.45) is 3.45. The van der Waals surface area contributed by atoms with Crippen LogP contribution in [-0.2, 0) is 20.8 Å². The molecule has 1 saturated heterocycles. The van der Waals surface area contributed by atoms with Crippen LogP contribution in [0.2, 0.25) is 0 Å². The summed E-state index contributed by atoms with van der Waals surface area (Å²) in [7, 11) is 0. The molecule has 2 unspecified atom stereocenters. The van der Waals surface area contributed by atoms with E-state index >= 15 is 0 Å². The average molecular weight is 505 g/mol. The van der Waals surface area contributed by atoms with Crippen LogP contribution in [-0.4, -0.2) is 47.3 Å². The molecule has 2 fully saturated rings. The van der Waals surface area contributed by atoms with Gasteiger partial charge in [-0.15, -0.1) is 0 Å². The molecule has 0 aromatic heterocycles. The van der Waals surface area contributed by atoms with Crippen LogP contribution in [0.4, 0.5) is 16.2 Å². The van der Waals surface area contributed by atoms with Crippen LogP contribution >= 0.6 is 0 Å². The van der Waals surface area contributed by atoms with Crippen molar-refractivity contribution < 1.29 is 19.2 Å². The number of benzene rings is 2. The monoisotopic (exact) mass is 504 g/mol. The summed E-state index contributed by atoms with van der Waals surface area (Å²) in [5, 5.41) is 5.81. The Balaban J connectivity index is 1.54. The van der Waals surface area contributed by atoms with Gasteiger partial charge in [0, 0.05) is 17.8 Å². The molecule has 8 nitrogen and oxygen atoms in total. The Bertz CT molecular complexity index is 1190. The van der Waals surface area contributed by atoms with Crippen molar-refractivity contribution in [1.82, 2.24) is 10.2 Å². The molecule has 2 aromatic rings. The van der Waals surface area contributed by atoms with E-state index in [0.717, 1.165) is 35.2 Å². The van der Waals surface area contributed by atoms with E-state index in [9.17, 15) is 19.2 Å². The fourth-order valence-corrected chi connectivity index (χ4v) is 5.28. The zero-order chi connectivity index (χ0) is 26.7. The third kappa shape index (κ3) is 5.84. The van der Waals surface area contributed by atoms with Gasteiger partial charge in [-0.1, -0.05) is 37.1 Å². The van der Waals surface area contributed by atoms with E-state index in [4.69, 9.17) is 0 Å². The minimum absolute atomic E-state index is 0.0526. The molecule has 0 radical (unpaired) electrons. The third-order valence-electron chi connectivity index (χ3n) is 7.31. The highest BCUT2D eigenvalue weighted by Gasteiger charge is 2.48. The first kappa shape index (κ1) is 26.4. The summed E-state index contributed by atoms with van der Waals surface area (Å²) in [6.45, 7) is 7.62. The van der Waals surface area contributed by atoms with Gasteiger partial charge in [0.1, 0.15) is 6.54 Å². The summed E-state index contributed by atoms with van der Waals surface area (Å²) in [4.78, 5) is 55.1. The van der Waals surface area contributed by atoms with Crippen molar-refractivity contribution >= 4 is 35.1 Å². The molecule has 1 heterocycles. The van der Waals surface area contributed by atoms with Gasteiger partial charge in [-0.05, 0) is 75.4 Å². The molecule has 2 atom stereocenters. The maximum atomic E-state index is 13.7. The van der Waals surface area contributed by atoms with E-state index in [-0.39, 0.29) is 48.7 Å². The molecule has 4 rings (SSSR count). The van der Waals surface area contributed by atoms with Crippen molar-refractivity contribution in [3.63, 3.8) is 0 Å². The third-order valence-corrected chi connectivity index (χ3v) is 7.31. The summed E-state index contributed by atoms with van der Waals surface area (Å²) in [5.74, 6) is -0.922. The number of urea groups is 1. The lowest BCUT2D eigenvalue weighted by molar-refractivity contribution is -0.128. The van der Waals surface area contributed by atoms with Gasteiger partial charge in [-0.25, -0.2) is 9.69 Å². The van der Waals surface area contributed by atoms with Crippen LogP contribution in [0.1, 0.15) is 56.2 Å². The minimum atomic E-state index is -0.477. The van der Waals surface area contributed by atoms with Crippen molar-refractivity contribution in [2.45, 2.75) is 71.9 Å². The van der Waals surface area contributed by atoms with Gasteiger partial charge in [0.05, 0.1) is 18.0 Å². The van der Waals surface area contributed by atoms with Crippen LogP contribution in [0.3, 0.4) is 0 Å². The average Bonchev–Trinajstić information content (AvgIpc) is 2.85. The largest absolute Gasteiger partial charge is 0.354 e. The Hall–Kier alpha value is -3.68. The minimum Gasteiger partial charge on any atom is -0.354 e. The number of fused-ring (bicyclic) bond motifs is 1. The summed E-state index contributed by atoms with van der Waals surface area (Å²) in [5.41, 5.74) is 4.02. The van der Waals surface area contributed by atoms with Crippen LogP contribution < -0.4 is 15.5 Å². The SMILES string of the molecule is Cc1cccc(NC(=O)CN2C(=O)N(c3ccc(CC(=O)NC(C)C)cc3)C(=O)C3CCCCC32)c1C. The van der Waals surface area contributed by atoms with Crippen LogP contribution in [0.5, 0.6) is 0 Å². The number of imide groups is 1. The molecule has 2 aliphatic rings. The molecule has 2 N–H and O–H groups in total. The Kier molecular flexibility index (Phi) is 7.95. The lowest BCUT2D eigenvalue weighted by atomic mass is 9.81. The standard InChI is InChI=1S/C29H36N4O4/c1-18(2)30-26(34)16-21-12-14-22(15-13-21)33-28(36)23-9-5-6-11-25(23)32(29(33)37)17-27(35)31-24-10-7-8-19(3)20(24)4/h7-8,10,12-15,18,23,25H,5-6,9,11,16-17H2,1-4H3,(H,30,34)(H,31,35). The first-order chi connectivity index (χ1) is 17.7. The molecular formula is C29H36N4O4. The first-order valence-corrected chi connectivity index (χ1v) is 13.0. The second-order valence-electron chi connectivity index (χ2n) is 10.4. The van der Waals surface area contributed by atoms with Gasteiger partial charge in [0.15, 0.2) is 0 Å². The van der Waals surface area contributed by atoms with Crippen molar-refractivity contribution in [3.8, 4) is 0 Å². The highest BCUT2D eigenvalue weighted by Crippen LogP contribution is 2.36. The van der Waals surface area contributed by atoms with E-state index < -0.39 is 6.03 Å². The molecule has 2 aromatic carbocycles. The number of aryl methyl sites for hydroxylation is 1. The molecule has 0 spiro atoms. The zero-order valence-corrected chi connectivity index (χ0v) is 22.0. The molecule has 5 amide bonds. The summed E-state index contributed by atoms with van der Waals surface area (Å²) >= 11 is 0. The summed E-state index contributed by atoms with van der Waals surface area (Å²) < 4.78 is 0. The maximum Gasteiger partial charge on any atom is 0.332 e. The first-order valence-electron chi connectivity index (χ1n) is 13.0. The van der Waals surface area contributed by atoms with Crippen molar-refractivity contribution in [1.29, 1.82) is 0 Å². The van der Waals surface area contributed by atoms with E-state index in [2.05, 4.69) is 10.6 Å². The van der Waals surface area contributed by atoms with E-state index in [1.54, 1.807) is 29.2 Å².